The molecule has 2 aromatic carbocycles. The predicted octanol–water partition coefficient (Wildman–Crippen LogP) is 3.31. The van der Waals surface area contributed by atoms with Gasteiger partial charge in [-0.2, -0.15) is 0 Å². The topological polar surface area (TPSA) is 76.6 Å². The molecule has 0 aliphatic carbocycles. The molecule has 7 nitrogen and oxygen atoms in total. The Morgan fingerprint density at radius 3 is 2.69 bits per heavy atom. The lowest BCUT2D eigenvalue weighted by atomic mass is 10.2. The van der Waals surface area contributed by atoms with E-state index in [4.69, 9.17) is 9.47 Å². The van der Waals surface area contributed by atoms with E-state index in [2.05, 4.69) is 15.5 Å². The van der Waals surface area contributed by atoms with Crippen LogP contribution in [0.25, 0.3) is 0 Å². The van der Waals surface area contributed by atoms with E-state index in [1.165, 1.54) is 5.56 Å². The Bertz CT molecular complexity index is 1020. The number of carbonyl (C=O) groups excluding carboxylic acids is 1. The number of para-hydroxylation sites is 1. The Balaban J connectivity index is 1.44. The van der Waals surface area contributed by atoms with Gasteiger partial charge in [0.2, 0.25) is 0 Å². The van der Waals surface area contributed by atoms with E-state index in [9.17, 15) is 4.79 Å². The lowest BCUT2D eigenvalue weighted by Crippen LogP contribution is -2.29. The standard InChI is InChI=1S/C22H22N4O3/c1-28-17-7-9-20(29-2)16(13-17)14-23-21-10-8-18(24-25-21)22(27)26-12-11-15-5-3-4-6-19(15)26/h3-10,13H,11-12,14H2,1-2H3,(H,23,25). The maximum absolute atomic E-state index is 12.8. The molecule has 0 spiro atoms. The Morgan fingerprint density at radius 1 is 1.07 bits per heavy atom. The summed E-state index contributed by atoms with van der Waals surface area (Å²) in [6.45, 7) is 1.15. The number of rotatable bonds is 6. The monoisotopic (exact) mass is 390 g/mol. The first-order chi connectivity index (χ1) is 14.2. The van der Waals surface area contributed by atoms with Crippen molar-refractivity contribution >= 4 is 17.4 Å². The summed E-state index contributed by atoms with van der Waals surface area (Å²) < 4.78 is 10.7. The van der Waals surface area contributed by atoms with Crippen LogP contribution in [0, 0.1) is 0 Å². The first-order valence-electron chi connectivity index (χ1n) is 9.38. The summed E-state index contributed by atoms with van der Waals surface area (Å²) in [5.74, 6) is 1.95. The van der Waals surface area contributed by atoms with Crippen LogP contribution in [-0.4, -0.2) is 36.9 Å². The van der Waals surface area contributed by atoms with Gasteiger partial charge in [0.15, 0.2) is 5.69 Å². The summed E-state index contributed by atoms with van der Waals surface area (Å²) in [4.78, 5) is 14.6. The fourth-order valence-corrected chi connectivity index (χ4v) is 3.43. The van der Waals surface area contributed by atoms with Crippen LogP contribution in [0.3, 0.4) is 0 Å². The minimum Gasteiger partial charge on any atom is -0.497 e. The van der Waals surface area contributed by atoms with E-state index in [1.807, 2.05) is 42.5 Å². The Labute approximate surface area is 169 Å². The largest absolute Gasteiger partial charge is 0.497 e. The number of benzene rings is 2. The van der Waals surface area contributed by atoms with Gasteiger partial charge in [0, 0.05) is 24.3 Å². The molecule has 1 N–H and O–H groups in total. The number of hydrogen-bond donors (Lipinski definition) is 1. The summed E-state index contributed by atoms with van der Waals surface area (Å²) in [6, 6.07) is 17.0. The lowest BCUT2D eigenvalue weighted by Gasteiger charge is -2.16. The zero-order valence-corrected chi connectivity index (χ0v) is 16.4. The van der Waals surface area contributed by atoms with Gasteiger partial charge in [-0.1, -0.05) is 18.2 Å². The molecule has 0 radical (unpaired) electrons. The van der Waals surface area contributed by atoms with Gasteiger partial charge in [-0.05, 0) is 48.4 Å². The molecule has 148 valence electrons. The van der Waals surface area contributed by atoms with E-state index in [0.717, 1.165) is 29.2 Å². The van der Waals surface area contributed by atoms with E-state index < -0.39 is 0 Å². The van der Waals surface area contributed by atoms with Crippen molar-refractivity contribution in [2.45, 2.75) is 13.0 Å². The van der Waals surface area contributed by atoms with Gasteiger partial charge in [0.05, 0.1) is 14.2 Å². The molecule has 0 fully saturated rings. The average molecular weight is 390 g/mol. The lowest BCUT2D eigenvalue weighted by molar-refractivity contribution is 0.0983. The number of nitrogens with one attached hydrogen (secondary N) is 1. The van der Waals surface area contributed by atoms with Crippen molar-refractivity contribution in [2.75, 3.05) is 31.0 Å². The van der Waals surface area contributed by atoms with Gasteiger partial charge < -0.3 is 19.7 Å². The molecule has 3 aromatic rings. The number of carbonyl (C=O) groups is 1. The maximum atomic E-state index is 12.8. The van der Waals surface area contributed by atoms with E-state index in [-0.39, 0.29) is 5.91 Å². The number of methoxy groups -OCH3 is 2. The van der Waals surface area contributed by atoms with E-state index in [0.29, 0.717) is 24.6 Å². The smallest absolute Gasteiger partial charge is 0.278 e. The van der Waals surface area contributed by atoms with Crippen molar-refractivity contribution in [1.29, 1.82) is 0 Å². The highest BCUT2D eigenvalue weighted by Crippen LogP contribution is 2.28. The minimum atomic E-state index is -0.136. The van der Waals surface area contributed by atoms with Crippen molar-refractivity contribution in [2.24, 2.45) is 0 Å². The zero-order valence-electron chi connectivity index (χ0n) is 16.4. The Morgan fingerprint density at radius 2 is 1.93 bits per heavy atom. The Kier molecular flexibility index (Phi) is 5.29. The molecule has 1 amide bonds. The summed E-state index contributed by atoms with van der Waals surface area (Å²) in [5.41, 5.74) is 3.39. The van der Waals surface area contributed by atoms with Gasteiger partial charge in [-0.3, -0.25) is 4.79 Å². The van der Waals surface area contributed by atoms with Gasteiger partial charge in [-0.15, -0.1) is 10.2 Å². The zero-order chi connectivity index (χ0) is 20.2. The van der Waals surface area contributed by atoms with Crippen molar-refractivity contribution < 1.29 is 14.3 Å². The van der Waals surface area contributed by atoms with Crippen LogP contribution in [0.15, 0.2) is 54.6 Å². The quantitative estimate of drug-likeness (QED) is 0.696. The van der Waals surface area contributed by atoms with Gasteiger partial charge in [-0.25, -0.2) is 0 Å². The SMILES string of the molecule is COc1ccc(OC)c(CNc2ccc(C(=O)N3CCc4ccccc43)nn2)c1. The third kappa shape index (κ3) is 3.85. The second-order valence-electron chi connectivity index (χ2n) is 6.67. The summed E-state index contributed by atoms with van der Waals surface area (Å²) in [6.07, 6.45) is 0.858. The molecule has 29 heavy (non-hydrogen) atoms. The molecule has 7 heteroatoms. The van der Waals surface area contributed by atoms with Crippen LogP contribution in [0.2, 0.25) is 0 Å². The Hall–Kier alpha value is -3.61. The molecular weight excluding hydrogens is 368 g/mol. The molecule has 2 heterocycles. The number of hydrogen-bond acceptors (Lipinski definition) is 6. The highest BCUT2D eigenvalue weighted by atomic mass is 16.5. The first-order valence-corrected chi connectivity index (χ1v) is 9.38. The molecular formula is C22H22N4O3. The highest BCUT2D eigenvalue weighted by molar-refractivity contribution is 6.06. The number of ether oxygens (including phenoxy) is 2. The van der Waals surface area contributed by atoms with Gasteiger partial charge in [0.25, 0.3) is 5.91 Å². The van der Waals surface area contributed by atoms with Crippen LogP contribution >= 0.6 is 0 Å². The van der Waals surface area contributed by atoms with Crippen LogP contribution in [0.1, 0.15) is 21.6 Å². The normalized spacial score (nSPS) is 12.4. The highest BCUT2D eigenvalue weighted by Gasteiger charge is 2.26. The average Bonchev–Trinajstić information content (AvgIpc) is 3.21. The van der Waals surface area contributed by atoms with Crippen LogP contribution in [0.5, 0.6) is 11.5 Å². The maximum Gasteiger partial charge on any atom is 0.278 e. The van der Waals surface area contributed by atoms with E-state index in [1.54, 1.807) is 31.3 Å². The molecule has 1 aliphatic heterocycles. The van der Waals surface area contributed by atoms with Gasteiger partial charge in [0.1, 0.15) is 17.3 Å². The third-order valence-corrected chi connectivity index (χ3v) is 4.96. The molecule has 0 saturated heterocycles. The second-order valence-corrected chi connectivity index (χ2v) is 6.67. The number of nitrogens with zero attached hydrogens (tertiary/aromatic N) is 3. The van der Waals surface area contributed by atoms with Crippen LogP contribution in [-0.2, 0) is 13.0 Å². The summed E-state index contributed by atoms with van der Waals surface area (Å²) >= 11 is 0. The number of fused-ring (bicyclic) bond motifs is 1. The van der Waals surface area contributed by atoms with Crippen LogP contribution in [0.4, 0.5) is 11.5 Å². The third-order valence-electron chi connectivity index (χ3n) is 4.96. The molecule has 0 saturated carbocycles. The molecule has 4 rings (SSSR count). The molecule has 1 aromatic heterocycles. The van der Waals surface area contributed by atoms with Crippen LogP contribution < -0.4 is 19.7 Å². The second kappa shape index (κ2) is 8.18. The first kappa shape index (κ1) is 18.7. The molecule has 0 atom stereocenters. The van der Waals surface area contributed by atoms with Crippen molar-refractivity contribution in [3.05, 3.63) is 71.4 Å². The molecule has 0 bridgehead atoms. The fourth-order valence-electron chi connectivity index (χ4n) is 3.43. The summed E-state index contributed by atoms with van der Waals surface area (Å²) in [7, 11) is 3.25. The summed E-state index contributed by atoms with van der Waals surface area (Å²) in [5, 5.41) is 11.5. The van der Waals surface area contributed by atoms with Gasteiger partial charge >= 0.3 is 0 Å². The van der Waals surface area contributed by atoms with Crippen molar-refractivity contribution in [3.63, 3.8) is 0 Å². The number of amides is 1. The van der Waals surface area contributed by atoms with Crippen molar-refractivity contribution in [3.8, 4) is 11.5 Å². The molecule has 0 unspecified atom stereocenters. The number of aromatic nitrogens is 2. The van der Waals surface area contributed by atoms with E-state index >= 15 is 0 Å². The minimum absolute atomic E-state index is 0.136. The fraction of sp³-hybridized carbons (Fsp3) is 0.227. The predicted molar refractivity (Wildman–Crippen MR) is 111 cm³/mol. The molecule has 1 aliphatic rings. The van der Waals surface area contributed by atoms with Crippen molar-refractivity contribution in [1.82, 2.24) is 10.2 Å². The number of anilines is 2.